The largest absolute Gasteiger partial charge is 0.399 e. The summed E-state index contributed by atoms with van der Waals surface area (Å²) in [6, 6.07) is 27.3. The van der Waals surface area contributed by atoms with Crippen LogP contribution in [0.3, 0.4) is 0 Å². The number of sulfonamides is 1. The summed E-state index contributed by atoms with van der Waals surface area (Å²) >= 11 is 0. The quantitative estimate of drug-likeness (QED) is 0.220. The van der Waals surface area contributed by atoms with E-state index in [-0.39, 0.29) is 22.2 Å². The second-order valence-electron chi connectivity index (χ2n) is 11.6. The number of amides is 1. The smallest absolute Gasteiger partial charge is 0.262 e. The van der Waals surface area contributed by atoms with Crippen molar-refractivity contribution in [1.82, 2.24) is 14.8 Å². The van der Waals surface area contributed by atoms with E-state index in [1.165, 1.54) is 18.2 Å². The molecule has 45 heavy (non-hydrogen) atoms. The van der Waals surface area contributed by atoms with Gasteiger partial charge in [-0.1, -0.05) is 36.4 Å². The van der Waals surface area contributed by atoms with E-state index in [9.17, 15) is 17.6 Å². The molecule has 1 saturated heterocycles. The molecule has 7 rings (SSSR count). The van der Waals surface area contributed by atoms with E-state index in [0.717, 1.165) is 36.9 Å². The lowest BCUT2D eigenvalue weighted by Crippen LogP contribution is -2.52. The van der Waals surface area contributed by atoms with E-state index >= 15 is 0 Å². The minimum absolute atomic E-state index is 0.0594. The highest BCUT2D eigenvalue weighted by Gasteiger charge is 2.50. The van der Waals surface area contributed by atoms with Crippen molar-refractivity contribution in [2.24, 2.45) is 0 Å². The number of nitrogens with zero attached hydrogens (tertiary/aromatic N) is 3. The number of anilines is 2. The van der Waals surface area contributed by atoms with Gasteiger partial charge in [0.1, 0.15) is 5.82 Å². The number of nitrogens with two attached hydrogens (primary N) is 1. The van der Waals surface area contributed by atoms with Gasteiger partial charge in [0.25, 0.3) is 15.9 Å². The third-order valence-electron chi connectivity index (χ3n) is 8.88. The van der Waals surface area contributed by atoms with E-state index in [1.807, 2.05) is 47.4 Å². The van der Waals surface area contributed by atoms with E-state index in [2.05, 4.69) is 14.6 Å². The molecule has 8 nitrogen and oxygen atoms in total. The van der Waals surface area contributed by atoms with Gasteiger partial charge in [0, 0.05) is 71.4 Å². The van der Waals surface area contributed by atoms with Crippen LogP contribution in [0.4, 0.5) is 15.8 Å². The minimum atomic E-state index is -4.03. The summed E-state index contributed by atoms with van der Waals surface area (Å²) < 4.78 is 43.5. The maximum absolute atomic E-state index is 13.7. The predicted octanol–water partition coefficient (Wildman–Crippen LogP) is 5.87. The van der Waals surface area contributed by atoms with E-state index in [4.69, 9.17) is 5.73 Å². The minimum Gasteiger partial charge on any atom is -0.399 e. The number of para-hydroxylation sites is 1. The lowest BCUT2D eigenvalue weighted by atomic mass is 10.0. The number of nitrogen functional groups attached to an aromatic ring is 1. The number of piperazine rings is 1. The van der Waals surface area contributed by atoms with Gasteiger partial charge in [-0.15, -0.1) is 0 Å². The molecular formula is C35H32FN5O3S. The van der Waals surface area contributed by atoms with Crippen LogP contribution in [0.5, 0.6) is 0 Å². The fourth-order valence-corrected chi connectivity index (χ4v) is 7.65. The Hall–Kier alpha value is -4.80. The van der Waals surface area contributed by atoms with Gasteiger partial charge in [0.2, 0.25) is 0 Å². The van der Waals surface area contributed by atoms with Gasteiger partial charge >= 0.3 is 0 Å². The maximum Gasteiger partial charge on any atom is 0.262 e. The van der Waals surface area contributed by atoms with Crippen molar-refractivity contribution in [2.45, 2.75) is 23.3 Å². The molecule has 0 spiro atoms. The van der Waals surface area contributed by atoms with Crippen molar-refractivity contribution in [3.63, 3.8) is 0 Å². The van der Waals surface area contributed by atoms with E-state index in [1.54, 1.807) is 42.6 Å². The molecule has 0 unspecified atom stereocenters. The Labute approximate surface area is 261 Å². The van der Waals surface area contributed by atoms with Crippen LogP contribution in [0, 0.1) is 5.82 Å². The number of carbonyl (C=O) groups is 1. The molecule has 1 saturated carbocycles. The van der Waals surface area contributed by atoms with Crippen LogP contribution in [0.15, 0.2) is 108 Å². The fourth-order valence-electron chi connectivity index (χ4n) is 6.39. The molecule has 0 atom stereocenters. The van der Waals surface area contributed by atoms with Gasteiger partial charge in [0.05, 0.1) is 10.4 Å². The van der Waals surface area contributed by atoms with Crippen LogP contribution in [0.25, 0.3) is 22.0 Å². The summed E-state index contributed by atoms with van der Waals surface area (Å²) in [4.78, 5) is 22.1. The van der Waals surface area contributed by atoms with Crippen LogP contribution >= 0.6 is 0 Å². The Morgan fingerprint density at radius 1 is 0.844 bits per heavy atom. The van der Waals surface area contributed by atoms with Crippen molar-refractivity contribution in [1.29, 1.82) is 0 Å². The molecule has 2 aliphatic rings. The molecule has 0 bridgehead atoms. The number of carbonyl (C=O) groups excluding carboxylic acids is 1. The molecule has 1 aromatic heterocycles. The Morgan fingerprint density at radius 3 is 2.27 bits per heavy atom. The number of nitrogens with one attached hydrogen (secondary N) is 1. The Balaban J connectivity index is 1.05. The van der Waals surface area contributed by atoms with Crippen molar-refractivity contribution in [3.8, 4) is 11.1 Å². The van der Waals surface area contributed by atoms with Gasteiger partial charge in [-0.2, -0.15) is 0 Å². The van der Waals surface area contributed by atoms with Crippen molar-refractivity contribution >= 4 is 38.2 Å². The summed E-state index contributed by atoms with van der Waals surface area (Å²) in [6.07, 6.45) is 3.73. The first-order chi connectivity index (χ1) is 21.7. The summed E-state index contributed by atoms with van der Waals surface area (Å²) in [6.45, 7) is 2.63. The standard InChI is InChI=1S/C35H32FN5O3S/c36-27-10-8-26(9-11-27)35(16-17-35)41-21-19-40(20-22-41)34(42)25-6-13-29(14-7-25)39-45(43,44)32-15-12-28(37)23-31(32)30-5-1-3-24-4-2-18-38-33(24)30/h1-15,18,23,39H,16-17,19-22,37H2. The van der Waals surface area contributed by atoms with Crippen LogP contribution in [-0.2, 0) is 15.6 Å². The normalized spacial score (nSPS) is 16.4. The summed E-state index contributed by atoms with van der Waals surface area (Å²) in [7, 11) is -4.03. The molecule has 228 valence electrons. The second kappa shape index (κ2) is 11.3. The predicted molar refractivity (Wildman–Crippen MR) is 174 cm³/mol. The third-order valence-corrected chi connectivity index (χ3v) is 10.3. The monoisotopic (exact) mass is 621 g/mol. The van der Waals surface area contributed by atoms with Crippen LogP contribution < -0.4 is 10.5 Å². The zero-order valence-electron chi connectivity index (χ0n) is 24.5. The molecule has 2 fully saturated rings. The number of hydrogen-bond acceptors (Lipinski definition) is 6. The van der Waals surface area contributed by atoms with E-state index in [0.29, 0.717) is 46.7 Å². The number of pyridine rings is 1. The molecular weight excluding hydrogens is 589 g/mol. The maximum atomic E-state index is 13.7. The summed E-state index contributed by atoms with van der Waals surface area (Å²) in [5.74, 6) is -0.336. The Morgan fingerprint density at radius 2 is 1.56 bits per heavy atom. The molecule has 4 aromatic carbocycles. The Bertz CT molecular complexity index is 2000. The van der Waals surface area contributed by atoms with Crippen LogP contribution in [-0.4, -0.2) is 55.3 Å². The first-order valence-corrected chi connectivity index (χ1v) is 16.4. The first-order valence-electron chi connectivity index (χ1n) is 14.9. The number of benzene rings is 4. The molecule has 0 radical (unpaired) electrons. The molecule has 5 aromatic rings. The highest BCUT2D eigenvalue weighted by Crippen LogP contribution is 2.51. The average Bonchev–Trinajstić information content (AvgIpc) is 3.87. The van der Waals surface area contributed by atoms with Gasteiger partial charge in [0.15, 0.2) is 0 Å². The molecule has 10 heteroatoms. The third kappa shape index (κ3) is 5.51. The molecule has 1 amide bonds. The molecule has 1 aliphatic carbocycles. The first kappa shape index (κ1) is 28.9. The van der Waals surface area contributed by atoms with Gasteiger partial charge in [-0.25, -0.2) is 12.8 Å². The zero-order valence-corrected chi connectivity index (χ0v) is 25.3. The topological polar surface area (TPSA) is 109 Å². The van der Waals surface area contributed by atoms with Crippen molar-refractivity contribution < 1.29 is 17.6 Å². The SMILES string of the molecule is Nc1ccc(S(=O)(=O)Nc2ccc(C(=O)N3CCN(C4(c5ccc(F)cc5)CC4)CC3)cc2)c(-c2cccc3cccnc23)c1. The second-order valence-corrected chi connectivity index (χ2v) is 13.3. The molecule has 2 heterocycles. The van der Waals surface area contributed by atoms with Crippen LogP contribution in [0.2, 0.25) is 0 Å². The van der Waals surface area contributed by atoms with Gasteiger partial charge in [-0.05, 0) is 79.1 Å². The zero-order chi connectivity index (χ0) is 31.2. The number of rotatable bonds is 7. The highest BCUT2D eigenvalue weighted by atomic mass is 32.2. The number of hydrogen-bond donors (Lipinski definition) is 2. The van der Waals surface area contributed by atoms with E-state index < -0.39 is 10.0 Å². The highest BCUT2D eigenvalue weighted by molar-refractivity contribution is 7.92. The van der Waals surface area contributed by atoms with Gasteiger partial charge in [-0.3, -0.25) is 19.4 Å². The van der Waals surface area contributed by atoms with Crippen molar-refractivity contribution in [3.05, 3.63) is 120 Å². The summed E-state index contributed by atoms with van der Waals surface area (Å²) in [5, 5.41) is 0.885. The van der Waals surface area contributed by atoms with Gasteiger partial charge < -0.3 is 10.6 Å². The van der Waals surface area contributed by atoms with Crippen molar-refractivity contribution in [2.75, 3.05) is 36.6 Å². The molecule has 1 aliphatic heterocycles. The Kier molecular flexibility index (Phi) is 7.26. The molecule has 3 N–H and O–H groups in total. The average molecular weight is 622 g/mol. The number of halogens is 1. The lowest BCUT2D eigenvalue weighted by molar-refractivity contribution is 0.0531. The number of aromatic nitrogens is 1. The van der Waals surface area contributed by atoms with Crippen LogP contribution in [0.1, 0.15) is 28.8 Å². The summed E-state index contributed by atoms with van der Waals surface area (Å²) in [5.41, 5.74) is 10.2. The lowest BCUT2D eigenvalue weighted by Gasteiger charge is -2.40. The number of fused-ring (bicyclic) bond motifs is 1. The fraction of sp³-hybridized carbons (Fsp3) is 0.200.